The minimum atomic E-state index is -1.32. The number of unbranched alkanes of at least 4 members (excludes halogenated alkanes) is 2. The first-order chi connectivity index (χ1) is 9.60. The van der Waals surface area contributed by atoms with Crippen LogP contribution in [-0.4, -0.2) is 15.4 Å². The van der Waals surface area contributed by atoms with Crippen molar-refractivity contribution in [2.45, 2.75) is 50.5 Å². The Morgan fingerprint density at radius 3 is 2.55 bits per heavy atom. The Bertz CT molecular complexity index is 474. The summed E-state index contributed by atoms with van der Waals surface area (Å²) in [5.41, 5.74) is 1.13. The van der Waals surface area contributed by atoms with Crippen LogP contribution in [0.2, 0.25) is 0 Å². The summed E-state index contributed by atoms with van der Waals surface area (Å²) in [4.78, 5) is 1.26. The fraction of sp³-hybridized carbons (Fsp3) is 0.412. The average molecular weight is 292 g/mol. The van der Waals surface area contributed by atoms with Crippen LogP contribution in [0.15, 0.2) is 52.8 Å². The molecule has 1 unspecified atom stereocenters. The molecule has 2 nitrogen and oxygen atoms in total. The molecular formula is C17H24O2S. The van der Waals surface area contributed by atoms with Crippen LogP contribution in [0.25, 0.3) is 0 Å². The van der Waals surface area contributed by atoms with E-state index < -0.39 is 16.9 Å². The van der Waals surface area contributed by atoms with Gasteiger partial charge >= 0.3 is 0 Å². The van der Waals surface area contributed by atoms with Gasteiger partial charge in [0.1, 0.15) is 0 Å². The third-order valence-corrected chi connectivity index (χ3v) is 4.68. The van der Waals surface area contributed by atoms with Gasteiger partial charge in [0.15, 0.2) is 0 Å². The molecule has 20 heavy (non-hydrogen) atoms. The molecule has 0 aliphatic carbocycles. The fourth-order valence-electron chi connectivity index (χ4n) is 1.94. The largest absolute Gasteiger partial charge is 0.388 e. The van der Waals surface area contributed by atoms with Gasteiger partial charge in [0.25, 0.3) is 0 Å². The number of aliphatic hydroxyl groups is 1. The van der Waals surface area contributed by atoms with Crippen molar-refractivity contribution in [2.75, 3.05) is 0 Å². The topological polar surface area (TPSA) is 37.3 Å². The van der Waals surface area contributed by atoms with E-state index in [1.165, 1.54) is 0 Å². The van der Waals surface area contributed by atoms with E-state index in [9.17, 15) is 9.32 Å². The van der Waals surface area contributed by atoms with Crippen molar-refractivity contribution in [3.63, 3.8) is 0 Å². The molecule has 1 N–H and O–H groups in total. The lowest BCUT2D eigenvalue weighted by molar-refractivity contribution is 0.204. The Morgan fingerprint density at radius 2 is 2.00 bits per heavy atom. The predicted molar refractivity (Wildman–Crippen MR) is 86.0 cm³/mol. The lowest BCUT2D eigenvalue weighted by Gasteiger charge is -2.14. The van der Waals surface area contributed by atoms with Gasteiger partial charge in [0.2, 0.25) is 0 Å². The molecule has 0 amide bonds. The van der Waals surface area contributed by atoms with Crippen molar-refractivity contribution < 1.29 is 9.32 Å². The summed E-state index contributed by atoms with van der Waals surface area (Å²) in [6.45, 7) is 7.76. The van der Waals surface area contributed by atoms with Gasteiger partial charge in [-0.1, -0.05) is 56.5 Å². The molecule has 0 radical (unpaired) electrons. The number of aliphatic hydroxyl groups excluding tert-OH is 1. The summed E-state index contributed by atoms with van der Waals surface area (Å²) < 4.78 is 12.6. The van der Waals surface area contributed by atoms with Crippen LogP contribution in [0.1, 0.15) is 38.2 Å². The van der Waals surface area contributed by atoms with Gasteiger partial charge in [-0.2, -0.15) is 0 Å². The number of hydrogen-bond acceptors (Lipinski definition) is 2. The Hall–Kier alpha value is -1.19. The maximum absolute atomic E-state index is 12.6. The zero-order valence-electron chi connectivity index (χ0n) is 12.3. The number of benzene rings is 1. The van der Waals surface area contributed by atoms with Gasteiger partial charge in [-0.05, 0) is 31.6 Å². The summed E-state index contributed by atoms with van der Waals surface area (Å²) in [6, 6.07) is 7.56. The van der Waals surface area contributed by atoms with Crippen LogP contribution in [0.3, 0.4) is 0 Å². The fourth-order valence-corrected chi connectivity index (χ4v) is 3.18. The molecule has 0 spiro atoms. The predicted octanol–water partition coefficient (Wildman–Crippen LogP) is 4.11. The molecule has 1 aromatic carbocycles. The summed E-state index contributed by atoms with van der Waals surface area (Å²) in [6.07, 6.45) is 6.37. The van der Waals surface area contributed by atoms with Crippen molar-refractivity contribution >= 4 is 10.8 Å². The van der Waals surface area contributed by atoms with E-state index in [-0.39, 0.29) is 0 Å². The minimum Gasteiger partial charge on any atom is -0.388 e. The zero-order valence-corrected chi connectivity index (χ0v) is 13.2. The highest BCUT2D eigenvalue weighted by molar-refractivity contribution is 7.89. The highest BCUT2D eigenvalue weighted by Crippen LogP contribution is 2.21. The van der Waals surface area contributed by atoms with E-state index in [2.05, 4.69) is 13.5 Å². The number of hydrogen-bond donors (Lipinski definition) is 1. The van der Waals surface area contributed by atoms with Gasteiger partial charge in [-0.15, -0.1) is 0 Å². The Balaban J connectivity index is 2.85. The highest BCUT2D eigenvalue weighted by Gasteiger charge is 2.18. The van der Waals surface area contributed by atoms with Crippen molar-refractivity contribution in [3.05, 3.63) is 53.5 Å². The maximum Gasteiger partial charge on any atom is 0.0877 e. The molecule has 110 valence electrons. The lowest BCUT2D eigenvalue weighted by atomic mass is 10.1. The van der Waals surface area contributed by atoms with E-state index >= 15 is 0 Å². The van der Waals surface area contributed by atoms with Crippen molar-refractivity contribution in [3.8, 4) is 0 Å². The van der Waals surface area contributed by atoms with Crippen molar-refractivity contribution in [1.82, 2.24) is 0 Å². The summed E-state index contributed by atoms with van der Waals surface area (Å²) in [5, 5.41) is 10.2. The van der Waals surface area contributed by atoms with Gasteiger partial charge in [0, 0.05) is 9.80 Å². The minimum absolute atomic E-state index is 0.542. The van der Waals surface area contributed by atoms with Crippen LogP contribution in [0, 0.1) is 6.92 Å². The van der Waals surface area contributed by atoms with Crippen LogP contribution < -0.4 is 0 Å². The molecule has 0 saturated carbocycles. The Kier molecular flexibility index (Phi) is 7.48. The van der Waals surface area contributed by atoms with Crippen LogP contribution in [0.4, 0.5) is 0 Å². The number of rotatable bonds is 8. The van der Waals surface area contributed by atoms with Crippen LogP contribution in [-0.2, 0) is 10.8 Å². The molecule has 2 atom stereocenters. The highest BCUT2D eigenvalue weighted by atomic mass is 32.2. The van der Waals surface area contributed by atoms with Gasteiger partial charge in [-0.25, -0.2) is 4.21 Å². The molecule has 0 aliphatic rings. The molecule has 0 fully saturated rings. The zero-order chi connectivity index (χ0) is 15.0. The first-order valence-electron chi connectivity index (χ1n) is 7.09. The SMILES string of the molecule is C=C/C=C(\[C@@H](O)CCCCC)S(=O)c1ccc(C)cc1. The molecule has 0 aliphatic heterocycles. The van der Waals surface area contributed by atoms with Crippen LogP contribution in [0.5, 0.6) is 0 Å². The second-order valence-corrected chi connectivity index (χ2v) is 6.38. The van der Waals surface area contributed by atoms with E-state index in [1.807, 2.05) is 31.2 Å². The first-order valence-corrected chi connectivity index (χ1v) is 8.24. The Morgan fingerprint density at radius 1 is 1.35 bits per heavy atom. The molecule has 3 heteroatoms. The van der Waals surface area contributed by atoms with Crippen molar-refractivity contribution in [2.24, 2.45) is 0 Å². The summed E-state index contributed by atoms with van der Waals surface area (Å²) in [5.74, 6) is 0. The third-order valence-electron chi connectivity index (χ3n) is 3.14. The quantitative estimate of drug-likeness (QED) is 0.578. The second kappa shape index (κ2) is 8.88. The van der Waals surface area contributed by atoms with Crippen molar-refractivity contribution in [1.29, 1.82) is 0 Å². The monoisotopic (exact) mass is 292 g/mol. The maximum atomic E-state index is 12.6. The average Bonchev–Trinajstić information content (AvgIpc) is 2.45. The second-order valence-electron chi connectivity index (χ2n) is 4.90. The molecule has 0 aromatic heterocycles. The first kappa shape index (κ1) is 16.9. The molecule has 0 bridgehead atoms. The number of aryl methyl sites for hydroxylation is 1. The van der Waals surface area contributed by atoms with Gasteiger partial charge in [-0.3, -0.25) is 0 Å². The standard InChI is InChI=1S/C17H24O2S/c1-4-6-7-9-16(18)17(8-5-2)20(19)15-12-10-14(3)11-13-15/h5,8,10-13,16,18H,2,4,6-7,9H2,1,3H3/b17-8+/t16-,20?/m0/s1. The molecular weight excluding hydrogens is 268 g/mol. The van der Waals surface area contributed by atoms with Gasteiger partial charge < -0.3 is 5.11 Å². The third kappa shape index (κ3) is 5.06. The smallest absolute Gasteiger partial charge is 0.0877 e. The summed E-state index contributed by atoms with van der Waals surface area (Å²) in [7, 11) is -1.32. The molecule has 0 heterocycles. The van der Waals surface area contributed by atoms with E-state index in [0.29, 0.717) is 11.3 Å². The molecule has 1 rings (SSSR count). The summed E-state index contributed by atoms with van der Waals surface area (Å²) >= 11 is 0. The molecule has 0 saturated heterocycles. The lowest BCUT2D eigenvalue weighted by Crippen LogP contribution is -2.14. The van der Waals surface area contributed by atoms with Gasteiger partial charge in [0.05, 0.1) is 16.9 Å². The Labute approximate surface area is 124 Å². The molecule has 1 aromatic rings. The number of allylic oxidation sites excluding steroid dienone is 2. The van der Waals surface area contributed by atoms with E-state index in [4.69, 9.17) is 0 Å². The van der Waals surface area contributed by atoms with E-state index in [1.54, 1.807) is 12.2 Å². The van der Waals surface area contributed by atoms with E-state index in [0.717, 1.165) is 29.7 Å². The normalized spacial score (nSPS) is 14.8. The van der Waals surface area contributed by atoms with Crippen LogP contribution >= 0.6 is 0 Å².